The number of carbonyl (C=O) groups is 3. The molecular formula is C31H30ClFN6O5S. The molecule has 6 rings (SSSR count). The summed E-state index contributed by atoms with van der Waals surface area (Å²) in [4.78, 5) is 53.4. The second kappa shape index (κ2) is 13.0. The van der Waals surface area contributed by atoms with Gasteiger partial charge in [-0.25, -0.2) is 23.8 Å². The molecule has 45 heavy (non-hydrogen) atoms. The first-order chi connectivity index (χ1) is 21.7. The van der Waals surface area contributed by atoms with E-state index in [2.05, 4.69) is 15.2 Å². The van der Waals surface area contributed by atoms with Crippen LogP contribution in [0.1, 0.15) is 22.2 Å². The third kappa shape index (κ3) is 6.28. The number of halogens is 2. The molecule has 0 spiro atoms. The Morgan fingerprint density at radius 2 is 2.00 bits per heavy atom. The number of nitrogens with zero attached hydrogens (tertiary/aromatic N) is 5. The van der Waals surface area contributed by atoms with Crippen molar-refractivity contribution in [3.05, 3.63) is 98.4 Å². The lowest BCUT2D eigenvalue weighted by molar-refractivity contribution is -0.142. The molecule has 0 radical (unpaired) electrons. The second-order valence-electron chi connectivity index (χ2n) is 11.0. The number of carbonyl (C=O) groups excluding carboxylic acids is 2. The van der Waals surface area contributed by atoms with Crippen molar-refractivity contribution in [2.75, 3.05) is 39.8 Å². The van der Waals surface area contributed by atoms with Crippen molar-refractivity contribution in [1.82, 2.24) is 25.0 Å². The van der Waals surface area contributed by atoms with E-state index in [1.54, 1.807) is 11.1 Å². The predicted octanol–water partition coefficient (Wildman–Crippen LogP) is 3.57. The number of urea groups is 1. The Labute approximate surface area is 267 Å². The van der Waals surface area contributed by atoms with Crippen LogP contribution in [0.3, 0.4) is 0 Å². The molecule has 0 aliphatic carbocycles. The molecule has 3 aromatic rings. The summed E-state index contributed by atoms with van der Waals surface area (Å²) in [6.07, 6.45) is 1.85. The van der Waals surface area contributed by atoms with Gasteiger partial charge in [0.25, 0.3) is 0 Å². The van der Waals surface area contributed by atoms with E-state index in [-0.39, 0.29) is 42.2 Å². The number of carboxylic acids is 1. The summed E-state index contributed by atoms with van der Waals surface area (Å²) in [5, 5.41) is 15.9. The van der Waals surface area contributed by atoms with Crippen LogP contribution in [-0.4, -0.2) is 101 Å². The molecule has 2 amide bonds. The zero-order valence-electron chi connectivity index (χ0n) is 24.2. The molecule has 0 saturated carbocycles. The van der Waals surface area contributed by atoms with Crippen molar-refractivity contribution in [2.24, 2.45) is 4.99 Å². The Morgan fingerprint density at radius 1 is 1.20 bits per heavy atom. The van der Waals surface area contributed by atoms with E-state index in [0.29, 0.717) is 41.7 Å². The number of benzene rings is 2. The van der Waals surface area contributed by atoms with Crippen LogP contribution < -0.4 is 5.32 Å². The number of thiazole rings is 1. The molecule has 3 aliphatic heterocycles. The minimum absolute atomic E-state index is 0.117. The molecule has 2 N–H and O–H groups in total. The average Bonchev–Trinajstić information content (AvgIpc) is 3.68. The topological polar surface area (TPSA) is 128 Å². The predicted molar refractivity (Wildman–Crippen MR) is 166 cm³/mol. The summed E-state index contributed by atoms with van der Waals surface area (Å²) in [6.45, 7) is 1.85. The maximum Gasteiger partial charge on any atom is 0.338 e. The number of carboxylic acid groups (broad SMARTS) is 1. The summed E-state index contributed by atoms with van der Waals surface area (Å²) < 4.78 is 19.1. The zero-order valence-corrected chi connectivity index (χ0v) is 25.8. The van der Waals surface area contributed by atoms with Crippen LogP contribution in [0.25, 0.3) is 0 Å². The SMILES string of the molecule is COC(=O)C1=C(CN2CCN3C(=O)N([C@H](Cc4ccccc4)C(=O)O)CC3C2)NC(c2nccs2)=N[C@H]1c1ccc(F)cc1Cl. The van der Waals surface area contributed by atoms with Gasteiger partial charge < -0.3 is 25.0 Å². The van der Waals surface area contributed by atoms with E-state index in [1.807, 2.05) is 35.7 Å². The molecule has 3 atom stereocenters. The van der Waals surface area contributed by atoms with Gasteiger partial charge in [-0.05, 0) is 17.7 Å². The molecule has 4 heterocycles. The maximum atomic E-state index is 14.0. The molecule has 2 fully saturated rings. The van der Waals surface area contributed by atoms with Crippen molar-refractivity contribution in [3.8, 4) is 0 Å². The summed E-state index contributed by atoms with van der Waals surface area (Å²) >= 11 is 7.83. The largest absolute Gasteiger partial charge is 0.480 e. The van der Waals surface area contributed by atoms with Crippen LogP contribution in [0.4, 0.5) is 9.18 Å². The summed E-state index contributed by atoms with van der Waals surface area (Å²) in [5.41, 5.74) is 2.02. The van der Waals surface area contributed by atoms with Gasteiger partial charge in [0.2, 0.25) is 0 Å². The van der Waals surface area contributed by atoms with Gasteiger partial charge in [-0.2, -0.15) is 0 Å². The van der Waals surface area contributed by atoms with Gasteiger partial charge in [-0.15, -0.1) is 11.3 Å². The molecule has 2 aromatic carbocycles. The summed E-state index contributed by atoms with van der Waals surface area (Å²) in [6, 6.07) is 10.8. The Hall–Kier alpha value is -4.33. The van der Waals surface area contributed by atoms with Crippen LogP contribution in [-0.2, 0) is 20.7 Å². The number of aliphatic carboxylic acids is 1. The Balaban J connectivity index is 1.27. The van der Waals surface area contributed by atoms with E-state index in [4.69, 9.17) is 21.3 Å². The van der Waals surface area contributed by atoms with Gasteiger partial charge in [0.15, 0.2) is 10.8 Å². The normalized spacial score (nSPS) is 20.9. The Morgan fingerprint density at radius 3 is 2.69 bits per heavy atom. The van der Waals surface area contributed by atoms with Gasteiger partial charge in [-0.1, -0.05) is 48.0 Å². The minimum atomic E-state index is -1.05. The third-order valence-corrected chi connectivity index (χ3v) is 9.31. The fourth-order valence-electron chi connectivity index (χ4n) is 6.06. The van der Waals surface area contributed by atoms with Crippen LogP contribution in [0.15, 0.2) is 76.4 Å². The lowest BCUT2D eigenvalue weighted by Gasteiger charge is -2.38. The number of ether oxygens (including phenoxy) is 1. The average molecular weight is 653 g/mol. The lowest BCUT2D eigenvalue weighted by atomic mass is 9.95. The number of rotatable bonds is 9. The molecular weight excluding hydrogens is 623 g/mol. The van der Waals surface area contributed by atoms with E-state index in [9.17, 15) is 23.9 Å². The fourth-order valence-corrected chi connectivity index (χ4v) is 6.92. The van der Waals surface area contributed by atoms with Crippen LogP contribution in [0.2, 0.25) is 5.02 Å². The quantitative estimate of drug-likeness (QED) is 0.336. The molecule has 1 unspecified atom stereocenters. The molecule has 3 aliphatic rings. The molecule has 2 saturated heterocycles. The number of fused-ring (bicyclic) bond motifs is 1. The number of esters is 1. The van der Waals surface area contributed by atoms with E-state index in [1.165, 1.54) is 41.5 Å². The van der Waals surface area contributed by atoms with E-state index in [0.717, 1.165) is 5.56 Å². The fraction of sp³-hybridized carbons (Fsp3) is 0.323. The van der Waals surface area contributed by atoms with E-state index < -0.39 is 29.8 Å². The number of methoxy groups -OCH3 is 1. The van der Waals surface area contributed by atoms with Crippen molar-refractivity contribution < 1.29 is 28.6 Å². The highest BCUT2D eigenvalue weighted by atomic mass is 35.5. The first kappa shape index (κ1) is 30.7. The zero-order chi connectivity index (χ0) is 31.7. The standard InChI is InChI=1S/C31H30ClFN6O5S/c1-44-30(42)25-23(35-27(28-34-9-12-45-28)36-26(25)21-8-7-19(33)14-22(21)32)17-37-10-11-38-20(15-37)16-39(31(38)43)24(29(40)41)13-18-5-3-2-4-6-18/h2-9,12,14,20,24,26H,10-11,13,15-17H2,1H3,(H,35,36)(H,40,41)/t20?,24-,26+/m1/s1. The van der Waals surface area contributed by atoms with Crippen molar-refractivity contribution >= 4 is 46.7 Å². The number of aliphatic imine (C=N–C) groups is 1. The Bertz CT molecular complexity index is 1670. The van der Waals surface area contributed by atoms with Crippen molar-refractivity contribution in [3.63, 3.8) is 0 Å². The van der Waals surface area contributed by atoms with Gasteiger partial charge >= 0.3 is 18.0 Å². The first-order valence-corrected chi connectivity index (χ1v) is 15.6. The molecule has 234 valence electrons. The number of amidine groups is 1. The number of hydrogen-bond acceptors (Lipinski definition) is 9. The third-order valence-electron chi connectivity index (χ3n) is 8.20. The first-order valence-electron chi connectivity index (χ1n) is 14.3. The van der Waals surface area contributed by atoms with Crippen LogP contribution in [0, 0.1) is 5.82 Å². The number of hydrogen-bond donors (Lipinski definition) is 2. The van der Waals surface area contributed by atoms with Crippen molar-refractivity contribution in [1.29, 1.82) is 0 Å². The molecule has 14 heteroatoms. The highest BCUT2D eigenvalue weighted by Crippen LogP contribution is 2.37. The summed E-state index contributed by atoms with van der Waals surface area (Å²) in [5.74, 6) is -1.75. The number of amides is 2. The molecule has 0 bridgehead atoms. The second-order valence-corrected chi connectivity index (χ2v) is 12.3. The highest BCUT2D eigenvalue weighted by Gasteiger charge is 2.45. The minimum Gasteiger partial charge on any atom is -0.480 e. The lowest BCUT2D eigenvalue weighted by Crippen LogP contribution is -2.53. The number of nitrogens with one attached hydrogen (secondary N) is 1. The van der Waals surface area contributed by atoms with Crippen LogP contribution in [0.5, 0.6) is 0 Å². The van der Waals surface area contributed by atoms with Crippen molar-refractivity contribution in [2.45, 2.75) is 24.5 Å². The monoisotopic (exact) mass is 652 g/mol. The van der Waals surface area contributed by atoms with Crippen LogP contribution >= 0.6 is 22.9 Å². The molecule has 1 aromatic heterocycles. The smallest absolute Gasteiger partial charge is 0.338 e. The van der Waals surface area contributed by atoms with Gasteiger partial charge in [0, 0.05) is 67.0 Å². The molecule has 11 nitrogen and oxygen atoms in total. The number of piperazine rings is 1. The van der Waals surface area contributed by atoms with Gasteiger partial charge in [0.1, 0.15) is 17.9 Å². The van der Waals surface area contributed by atoms with Gasteiger partial charge in [0.05, 0.1) is 18.7 Å². The maximum absolute atomic E-state index is 14.0. The Kier molecular flexibility index (Phi) is 8.83. The van der Waals surface area contributed by atoms with Gasteiger partial charge in [-0.3, -0.25) is 9.89 Å². The number of aromatic nitrogens is 1. The highest BCUT2D eigenvalue weighted by molar-refractivity contribution is 7.11. The summed E-state index contributed by atoms with van der Waals surface area (Å²) in [7, 11) is 1.28. The van der Waals surface area contributed by atoms with E-state index >= 15 is 0 Å².